The van der Waals surface area contributed by atoms with Crippen molar-refractivity contribution in [1.29, 1.82) is 0 Å². The number of hydrogen-bond acceptors (Lipinski definition) is 5. The second-order valence-electron chi connectivity index (χ2n) is 3.20. The van der Waals surface area contributed by atoms with E-state index in [2.05, 4.69) is 33.8 Å². The minimum absolute atomic E-state index is 0.0301. The maximum atomic E-state index is 5.56. The highest BCUT2D eigenvalue weighted by Crippen LogP contribution is 2.26. The molecule has 0 spiro atoms. The second kappa shape index (κ2) is 4.48. The van der Waals surface area contributed by atoms with E-state index >= 15 is 0 Å². The molecule has 15 heavy (non-hydrogen) atoms. The molecule has 0 fully saturated rings. The summed E-state index contributed by atoms with van der Waals surface area (Å²) in [6.07, 6.45) is 5.06. The van der Waals surface area contributed by atoms with Crippen LogP contribution in [0, 0.1) is 6.92 Å². The number of hydrogen-bond donors (Lipinski definition) is 2. The Labute approximate surface area is 92.2 Å². The number of aryl methyl sites for hydroxylation is 1. The molecule has 5 heteroatoms. The van der Waals surface area contributed by atoms with E-state index in [9.17, 15) is 0 Å². The van der Waals surface area contributed by atoms with Gasteiger partial charge < -0.3 is 0 Å². The van der Waals surface area contributed by atoms with Gasteiger partial charge in [-0.15, -0.1) is 11.3 Å². The molecule has 2 aromatic heterocycles. The first-order chi connectivity index (χ1) is 7.33. The zero-order valence-corrected chi connectivity index (χ0v) is 9.16. The average Bonchev–Trinajstić information content (AvgIpc) is 2.68. The highest BCUT2D eigenvalue weighted by atomic mass is 32.1. The minimum atomic E-state index is -0.0301. The molecule has 78 valence electrons. The van der Waals surface area contributed by atoms with Crippen LogP contribution in [0.5, 0.6) is 0 Å². The molecule has 0 amide bonds. The summed E-state index contributed by atoms with van der Waals surface area (Å²) in [7, 11) is 0. The largest absolute Gasteiger partial charge is 0.271 e. The van der Waals surface area contributed by atoms with Crippen LogP contribution in [0.1, 0.15) is 22.0 Å². The molecular weight excluding hydrogens is 208 g/mol. The van der Waals surface area contributed by atoms with E-state index in [-0.39, 0.29) is 6.04 Å². The van der Waals surface area contributed by atoms with E-state index in [0.717, 1.165) is 5.56 Å². The van der Waals surface area contributed by atoms with Gasteiger partial charge in [-0.25, -0.2) is 15.4 Å². The smallest absolute Gasteiger partial charge is 0.115 e. The Bertz CT molecular complexity index is 426. The monoisotopic (exact) mass is 220 g/mol. The summed E-state index contributed by atoms with van der Waals surface area (Å²) in [5.74, 6) is 5.56. The molecule has 0 radical (unpaired) electrons. The van der Waals surface area contributed by atoms with Crippen molar-refractivity contribution >= 4 is 11.3 Å². The zero-order chi connectivity index (χ0) is 10.7. The fraction of sp³-hybridized carbons (Fsp3) is 0.200. The van der Waals surface area contributed by atoms with Gasteiger partial charge in [0.1, 0.15) is 6.33 Å². The molecule has 0 aliphatic rings. The average molecular weight is 220 g/mol. The second-order valence-corrected chi connectivity index (χ2v) is 4.32. The van der Waals surface area contributed by atoms with Crippen molar-refractivity contribution < 1.29 is 0 Å². The van der Waals surface area contributed by atoms with Crippen molar-refractivity contribution in [3.8, 4) is 0 Å². The number of thiophene rings is 1. The highest BCUT2D eigenvalue weighted by Gasteiger charge is 2.15. The Morgan fingerprint density at radius 3 is 2.67 bits per heavy atom. The van der Waals surface area contributed by atoms with E-state index in [1.54, 1.807) is 23.7 Å². The number of nitrogens with zero attached hydrogens (tertiary/aromatic N) is 2. The molecule has 3 N–H and O–H groups in total. The van der Waals surface area contributed by atoms with Gasteiger partial charge in [0.2, 0.25) is 0 Å². The summed E-state index contributed by atoms with van der Waals surface area (Å²) in [5, 5.41) is 2.05. The lowest BCUT2D eigenvalue weighted by molar-refractivity contribution is 0.631. The van der Waals surface area contributed by atoms with Gasteiger partial charge >= 0.3 is 0 Å². The SMILES string of the molecule is Cc1sccc1C(NN)c1cncnc1. The lowest BCUT2D eigenvalue weighted by atomic mass is 10.0. The Hall–Kier alpha value is -1.30. The van der Waals surface area contributed by atoms with Crippen LogP contribution in [-0.4, -0.2) is 9.97 Å². The molecule has 0 saturated carbocycles. The van der Waals surface area contributed by atoms with E-state index in [1.165, 1.54) is 16.8 Å². The van der Waals surface area contributed by atoms with E-state index < -0.39 is 0 Å². The minimum Gasteiger partial charge on any atom is -0.271 e. The van der Waals surface area contributed by atoms with Gasteiger partial charge in [-0.3, -0.25) is 5.84 Å². The highest BCUT2D eigenvalue weighted by molar-refractivity contribution is 7.10. The molecule has 0 aliphatic heterocycles. The predicted molar refractivity (Wildman–Crippen MR) is 60.3 cm³/mol. The Balaban J connectivity index is 2.37. The van der Waals surface area contributed by atoms with Crippen molar-refractivity contribution in [3.63, 3.8) is 0 Å². The van der Waals surface area contributed by atoms with Crippen molar-refractivity contribution in [1.82, 2.24) is 15.4 Å². The summed E-state index contributed by atoms with van der Waals surface area (Å²) in [4.78, 5) is 9.23. The lowest BCUT2D eigenvalue weighted by Gasteiger charge is -2.15. The molecule has 0 aliphatic carbocycles. The molecule has 0 aromatic carbocycles. The number of hydrazine groups is 1. The van der Waals surface area contributed by atoms with E-state index in [4.69, 9.17) is 5.84 Å². The predicted octanol–water partition coefficient (Wildman–Crippen LogP) is 1.40. The quantitative estimate of drug-likeness (QED) is 0.606. The third-order valence-electron chi connectivity index (χ3n) is 2.29. The van der Waals surface area contributed by atoms with Crippen molar-refractivity contribution in [2.24, 2.45) is 5.84 Å². The third-order valence-corrected chi connectivity index (χ3v) is 3.15. The van der Waals surface area contributed by atoms with Crippen molar-refractivity contribution in [3.05, 3.63) is 46.2 Å². The molecule has 2 aromatic rings. The normalized spacial score (nSPS) is 12.7. The molecule has 1 unspecified atom stereocenters. The summed E-state index contributed by atoms with van der Waals surface area (Å²) >= 11 is 1.71. The number of nitrogens with two attached hydrogens (primary N) is 1. The molecule has 1 atom stereocenters. The first kappa shape index (κ1) is 10.2. The van der Waals surface area contributed by atoms with Crippen LogP contribution in [0.3, 0.4) is 0 Å². The fourth-order valence-electron chi connectivity index (χ4n) is 1.52. The Morgan fingerprint density at radius 1 is 1.40 bits per heavy atom. The van der Waals surface area contributed by atoms with Crippen molar-refractivity contribution in [2.75, 3.05) is 0 Å². The fourth-order valence-corrected chi connectivity index (χ4v) is 2.26. The maximum Gasteiger partial charge on any atom is 0.115 e. The first-order valence-corrected chi connectivity index (χ1v) is 5.46. The summed E-state index contributed by atoms with van der Waals surface area (Å²) in [6, 6.07) is 2.04. The third kappa shape index (κ3) is 2.04. The first-order valence-electron chi connectivity index (χ1n) is 4.58. The molecule has 2 heterocycles. The van der Waals surface area contributed by atoms with Gasteiger partial charge in [0.05, 0.1) is 6.04 Å². The lowest BCUT2D eigenvalue weighted by Crippen LogP contribution is -2.29. The summed E-state index contributed by atoms with van der Waals surface area (Å²) < 4.78 is 0. The van der Waals surface area contributed by atoms with Gasteiger partial charge in [-0.1, -0.05) is 0 Å². The van der Waals surface area contributed by atoms with Crippen LogP contribution in [-0.2, 0) is 0 Å². The van der Waals surface area contributed by atoms with Crippen molar-refractivity contribution in [2.45, 2.75) is 13.0 Å². The standard InChI is InChI=1S/C10H12N4S/c1-7-9(2-3-15-7)10(14-11)8-4-12-6-13-5-8/h2-6,10,14H,11H2,1H3. The number of rotatable bonds is 3. The number of aromatic nitrogens is 2. The molecule has 0 bridgehead atoms. The van der Waals surface area contributed by atoms with E-state index in [1.807, 2.05) is 0 Å². The molecular formula is C10H12N4S. The van der Waals surface area contributed by atoms with Crippen LogP contribution in [0.15, 0.2) is 30.2 Å². The topological polar surface area (TPSA) is 63.8 Å². The van der Waals surface area contributed by atoms with Crippen LogP contribution in [0.2, 0.25) is 0 Å². The molecule has 0 saturated heterocycles. The van der Waals surface area contributed by atoms with Gasteiger partial charge in [-0.2, -0.15) is 0 Å². The number of nitrogens with one attached hydrogen (secondary N) is 1. The van der Waals surface area contributed by atoms with Crippen LogP contribution in [0.25, 0.3) is 0 Å². The molecule has 2 rings (SSSR count). The molecule has 4 nitrogen and oxygen atoms in total. The van der Waals surface area contributed by atoms with Gasteiger partial charge in [0, 0.05) is 22.8 Å². The Kier molecular flexibility index (Phi) is 3.05. The van der Waals surface area contributed by atoms with Gasteiger partial charge in [0.15, 0.2) is 0 Å². The van der Waals surface area contributed by atoms with E-state index in [0.29, 0.717) is 0 Å². The zero-order valence-electron chi connectivity index (χ0n) is 8.34. The van der Waals surface area contributed by atoms with Crippen LogP contribution < -0.4 is 11.3 Å². The van der Waals surface area contributed by atoms with Crippen LogP contribution >= 0.6 is 11.3 Å². The van der Waals surface area contributed by atoms with Gasteiger partial charge in [0.25, 0.3) is 0 Å². The summed E-state index contributed by atoms with van der Waals surface area (Å²) in [5.41, 5.74) is 4.94. The van der Waals surface area contributed by atoms with Gasteiger partial charge in [-0.05, 0) is 23.9 Å². The maximum absolute atomic E-state index is 5.56. The Morgan fingerprint density at radius 2 is 2.13 bits per heavy atom. The van der Waals surface area contributed by atoms with Crippen LogP contribution in [0.4, 0.5) is 0 Å². The summed E-state index contributed by atoms with van der Waals surface area (Å²) in [6.45, 7) is 2.08.